The molecule has 3 aromatic rings. The molecule has 0 aliphatic rings. The Morgan fingerprint density at radius 2 is 2.10 bits per heavy atom. The molecule has 1 aromatic carbocycles. The molecule has 1 unspecified atom stereocenters. The SMILES string of the molecule is CC(C)C(c1cccs1)n1c(=S)[nH]c2c(C#N)cccc21. The third-order valence-electron chi connectivity index (χ3n) is 3.62. The Bertz CT molecular complexity index is 863. The Balaban J connectivity index is 2.31. The first-order valence-electron chi connectivity index (χ1n) is 6.80. The van der Waals surface area contributed by atoms with Gasteiger partial charge in [0.25, 0.3) is 0 Å². The van der Waals surface area contributed by atoms with E-state index < -0.39 is 0 Å². The van der Waals surface area contributed by atoms with E-state index in [1.165, 1.54) is 4.88 Å². The summed E-state index contributed by atoms with van der Waals surface area (Å²) in [5, 5.41) is 11.3. The maximum atomic E-state index is 9.26. The standard InChI is InChI=1S/C16H15N3S2/c1-10(2)15(13-7-4-8-21-13)19-12-6-3-5-11(9-17)14(12)18-16(19)20/h3-8,10,15H,1-2H3,(H,18,20). The van der Waals surface area contributed by atoms with Gasteiger partial charge in [-0.05, 0) is 41.7 Å². The number of fused-ring (bicyclic) bond motifs is 1. The van der Waals surface area contributed by atoms with E-state index in [1.54, 1.807) is 11.3 Å². The molecule has 0 radical (unpaired) electrons. The molecule has 1 atom stereocenters. The highest BCUT2D eigenvalue weighted by Gasteiger charge is 2.22. The van der Waals surface area contributed by atoms with Crippen LogP contribution in [-0.2, 0) is 0 Å². The molecule has 21 heavy (non-hydrogen) atoms. The zero-order valence-corrected chi connectivity index (χ0v) is 13.5. The molecular weight excluding hydrogens is 298 g/mol. The van der Waals surface area contributed by atoms with Crippen LogP contribution in [0, 0.1) is 22.0 Å². The molecule has 2 aromatic heterocycles. The van der Waals surface area contributed by atoms with Gasteiger partial charge in [0.1, 0.15) is 6.07 Å². The fourth-order valence-corrected chi connectivity index (χ4v) is 4.03. The van der Waals surface area contributed by atoms with Crippen LogP contribution in [0.2, 0.25) is 0 Å². The van der Waals surface area contributed by atoms with Gasteiger partial charge in [-0.1, -0.05) is 26.0 Å². The van der Waals surface area contributed by atoms with Crippen molar-refractivity contribution in [1.82, 2.24) is 9.55 Å². The molecule has 0 fully saturated rings. The van der Waals surface area contributed by atoms with E-state index in [0.717, 1.165) is 11.0 Å². The van der Waals surface area contributed by atoms with E-state index in [4.69, 9.17) is 12.2 Å². The maximum Gasteiger partial charge on any atom is 0.178 e. The lowest BCUT2D eigenvalue weighted by molar-refractivity contribution is 0.449. The van der Waals surface area contributed by atoms with Gasteiger partial charge in [-0.3, -0.25) is 0 Å². The average molecular weight is 313 g/mol. The highest BCUT2D eigenvalue weighted by molar-refractivity contribution is 7.71. The van der Waals surface area contributed by atoms with Crippen LogP contribution < -0.4 is 0 Å². The highest BCUT2D eigenvalue weighted by Crippen LogP contribution is 2.33. The minimum absolute atomic E-state index is 0.181. The van der Waals surface area contributed by atoms with Crippen LogP contribution in [0.15, 0.2) is 35.7 Å². The topological polar surface area (TPSA) is 44.5 Å². The molecule has 5 heteroatoms. The number of hydrogen-bond acceptors (Lipinski definition) is 3. The van der Waals surface area contributed by atoms with Crippen molar-refractivity contribution in [1.29, 1.82) is 5.26 Å². The van der Waals surface area contributed by atoms with Crippen molar-refractivity contribution in [3.8, 4) is 6.07 Å². The van der Waals surface area contributed by atoms with Gasteiger partial charge in [0.05, 0.1) is 22.6 Å². The normalized spacial score (nSPS) is 12.7. The number of nitrogens with zero attached hydrogens (tertiary/aromatic N) is 2. The quantitative estimate of drug-likeness (QED) is 0.701. The number of aromatic amines is 1. The fraction of sp³-hybridized carbons (Fsp3) is 0.250. The average Bonchev–Trinajstić information content (AvgIpc) is 3.08. The summed E-state index contributed by atoms with van der Waals surface area (Å²) in [6, 6.07) is 12.4. The van der Waals surface area contributed by atoms with Crippen molar-refractivity contribution in [2.75, 3.05) is 0 Å². The minimum Gasteiger partial charge on any atom is -0.329 e. The summed E-state index contributed by atoms with van der Waals surface area (Å²) in [4.78, 5) is 4.49. The monoisotopic (exact) mass is 313 g/mol. The Hall–Kier alpha value is -1.90. The van der Waals surface area contributed by atoms with E-state index in [9.17, 15) is 5.26 Å². The Morgan fingerprint density at radius 1 is 1.29 bits per heavy atom. The van der Waals surface area contributed by atoms with Crippen molar-refractivity contribution in [3.05, 3.63) is 50.9 Å². The molecule has 0 spiro atoms. The number of hydrogen-bond donors (Lipinski definition) is 1. The highest BCUT2D eigenvalue weighted by atomic mass is 32.1. The van der Waals surface area contributed by atoms with Crippen molar-refractivity contribution >= 4 is 34.6 Å². The van der Waals surface area contributed by atoms with Gasteiger partial charge in [0, 0.05) is 4.88 Å². The summed E-state index contributed by atoms with van der Waals surface area (Å²) in [6.45, 7) is 4.39. The third kappa shape index (κ3) is 2.31. The van der Waals surface area contributed by atoms with E-state index >= 15 is 0 Å². The molecule has 106 valence electrons. The van der Waals surface area contributed by atoms with Crippen LogP contribution >= 0.6 is 23.6 Å². The molecule has 3 rings (SSSR count). The molecule has 0 amide bonds. The first-order chi connectivity index (χ1) is 10.1. The number of imidazole rings is 1. The molecule has 2 heterocycles. The third-order valence-corrected chi connectivity index (χ3v) is 4.86. The van der Waals surface area contributed by atoms with Crippen LogP contribution in [0.4, 0.5) is 0 Å². The molecule has 3 nitrogen and oxygen atoms in total. The molecule has 0 saturated heterocycles. The number of nitriles is 1. The maximum absolute atomic E-state index is 9.26. The van der Waals surface area contributed by atoms with Crippen LogP contribution in [0.1, 0.15) is 30.3 Å². The van der Waals surface area contributed by atoms with Gasteiger partial charge in [0.2, 0.25) is 0 Å². The lowest BCUT2D eigenvalue weighted by atomic mass is 10.0. The summed E-state index contributed by atoms with van der Waals surface area (Å²) in [7, 11) is 0. The minimum atomic E-state index is 0.181. The lowest BCUT2D eigenvalue weighted by Gasteiger charge is -2.22. The van der Waals surface area contributed by atoms with Crippen LogP contribution in [-0.4, -0.2) is 9.55 Å². The second-order valence-electron chi connectivity index (χ2n) is 5.32. The number of para-hydroxylation sites is 1. The van der Waals surface area contributed by atoms with Crippen LogP contribution in [0.25, 0.3) is 11.0 Å². The summed E-state index contributed by atoms with van der Waals surface area (Å²) < 4.78 is 2.81. The van der Waals surface area contributed by atoms with Gasteiger partial charge in [-0.25, -0.2) is 0 Å². The molecule has 0 aliphatic carbocycles. The summed E-state index contributed by atoms with van der Waals surface area (Å²) in [5.41, 5.74) is 2.45. The second kappa shape index (κ2) is 5.47. The van der Waals surface area contributed by atoms with Crippen molar-refractivity contribution in [2.24, 2.45) is 5.92 Å². The van der Waals surface area contributed by atoms with Gasteiger partial charge >= 0.3 is 0 Å². The summed E-state index contributed by atoms with van der Waals surface area (Å²) in [6.07, 6.45) is 0. The zero-order chi connectivity index (χ0) is 15.0. The second-order valence-corrected chi connectivity index (χ2v) is 6.68. The van der Waals surface area contributed by atoms with Crippen molar-refractivity contribution in [2.45, 2.75) is 19.9 Å². The number of thiophene rings is 1. The Labute approximate surface area is 132 Å². The van der Waals surface area contributed by atoms with Crippen molar-refractivity contribution < 1.29 is 0 Å². The number of benzene rings is 1. The van der Waals surface area contributed by atoms with E-state index in [2.05, 4.69) is 47.0 Å². The van der Waals surface area contributed by atoms with Gasteiger partial charge < -0.3 is 9.55 Å². The van der Waals surface area contributed by atoms with Crippen LogP contribution in [0.5, 0.6) is 0 Å². The largest absolute Gasteiger partial charge is 0.329 e. The number of H-pyrrole nitrogens is 1. The molecule has 0 bridgehead atoms. The van der Waals surface area contributed by atoms with Gasteiger partial charge in [-0.2, -0.15) is 5.26 Å². The first-order valence-corrected chi connectivity index (χ1v) is 8.09. The Kier molecular flexibility index (Phi) is 3.66. The van der Waals surface area contributed by atoms with Crippen LogP contribution in [0.3, 0.4) is 0 Å². The Morgan fingerprint density at radius 3 is 2.71 bits per heavy atom. The van der Waals surface area contributed by atoms with Gasteiger partial charge in [-0.15, -0.1) is 11.3 Å². The first kappa shape index (κ1) is 14.1. The molecule has 1 N–H and O–H groups in total. The smallest absolute Gasteiger partial charge is 0.178 e. The van der Waals surface area contributed by atoms with Gasteiger partial charge in [0.15, 0.2) is 4.77 Å². The predicted octanol–water partition coefficient (Wildman–Crippen LogP) is 4.88. The fourth-order valence-electron chi connectivity index (χ4n) is 2.73. The van der Waals surface area contributed by atoms with E-state index in [1.807, 2.05) is 18.2 Å². The zero-order valence-electron chi connectivity index (χ0n) is 11.8. The summed E-state index contributed by atoms with van der Waals surface area (Å²) >= 11 is 7.27. The van der Waals surface area contributed by atoms with E-state index in [0.29, 0.717) is 16.3 Å². The molecular formula is C16H15N3S2. The molecule has 0 saturated carbocycles. The summed E-state index contributed by atoms with van der Waals surface area (Å²) in [5.74, 6) is 0.403. The lowest BCUT2D eigenvalue weighted by Crippen LogP contribution is -2.15. The number of rotatable bonds is 3. The number of nitrogens with one attached hydrogen (secondary N) is 1. The predicted molar refractivity (Wildman–Crippen MR) is 89.1 cm³/mol. The van der Waals surface area contributed by atoms with E-state index in [-0.39, 0.29) is 6.04 Å². The molecule has 0 aliphatic heterocycles. The van der Waals surface area contributed by atoms with Crippen molar-refractivity contribution in [3.63, 3.8) is 0 Å². The number of aromatic nitrogens is 2.